The SMILES string of the molecule is [Y].[c-]1cccc(C=Cc2cccc(Nc3c[c-]ccn3)c2)c1. The monoisotopic (exact) mass is 359 g/mol. The van der Waals surface area contributed by atoms with Crippen molar-refractivity contribution in [3.05, 3.63) is 90.1 Å². The first-order chi connectivity index (χ1) is 10.4. The van der Waals surface area contributed by atoms with E-state index >= 15 is 0 Å². The van der Waals surface area contributed by atoms with Crippen molar-refractivity contribution in [3.8, 4) is 0 Å². The van der Waals surface area contributed by atoms with Crippen LogP contribution in [0.3, 0.4) is 0 Å². The maximum Gasteiger partial charge on any atom is 0.0291 e. The zero-order chi connectivity index (χ0) is 14.3. The summed E-state index contributed by atoms with van der Waals surface area (Å²) < 4.78 is 0. The van der Waals surface area contributed by atoms with Crippen molar-refractivity contribution in [1.29, 1.82) is 0 Å². The Morgan fingerprint density at radius 3 is 2.50 bits per heavy atom. The second kappa shape index (κ2) is 8.62. The Balaban J connectivity index is 0.00000176. The Morgan fingerprint density at radius 1 is 0.909 bits per heavy atom. The number of anilines is 2. The molecule has 0 aliphatic rings. The summed E-state index contributed by atoms with van der Waals surface area (Å²) in [4.78, 5) is 4.23. The maximum atomic E-state index is 4.23. The molecule has 22 heavy (non-hydrogen) atoms. The van der Waals surface area contributed by atoms with Gasteiger partial charge >= 0.3 is 0 Å². The molecule has 1 aromatic heterocycles. The maximum absolute atomic E-state index is 4.23. The number of pyridine rings is 1. The van der Waals surface area contributed by atoms with Gasteiger partial charge in [0.05, 0.1) is 0 Å². The summed E-state index contributed by atoms with van der Waals surface area (Å²) in [5, 5.41) is 3.26. The number of nitrogens with one attached hydrogen (secondary N) is 1. The van der Waals surface area contributed by atoms with Crippen LogP contribution in [0.5, 0.6) is 0 Å². The third-order valence-corrected chi connectivity index (χ3v) is 2.96. The predicted molar refractivity (Wildman–Crippen MR) is 87.0 cm³/mol. The molecule has 0 aliphatic carbocycles. The van der Waals surface area contributed by atoms with Gasteiger partial charge in [0.1, 0.15) is 0 Å². The Hall–Kier alpha value is -1.77. The summed E-state index contributed by atoms with van der Waals surface area (Å²) in [5.74, 6) is 0.788. The summed E-state index contributed by atoms with van der Waals surface area (Å²) in [6.07, 6.45) is 5.88. The second-order valence-electron chi connectivity index (χ2n) is 4.56. The molecule has 0 aliphatic heterocycles. The van der Waals surface area contributed by atoms with Crippen molar-refractivity contribution in [2.24, 2.45) is 0 Å². The summed E-state index contributed by atoms with van der Waals surface area (Å²) in [7, 11) is 0. The molecule has 0 saturated heterocycles. The molecule has 0 spiro atoms. The van der Waals surface area contributed by atoms with Gasteiger partial charge in [-0.25, -0.2) is 0 Å². The quantitative estimate of drug-likeness (QED) is 0.544. The van der Waals surface area contributed by atoms with Crippen LogP contribution in [-0.4, -0.2) is 4.98 Å². The topological polar surface area (TPSA) is 24.9 Å². The fourth-order valence-corrected chi connectivity index (χ4v) is 1.96. The fourth-order valence-electron chi connectivity index (χ4n) is 1.96. The number of benzene rings is 2. The summed E-state index contributed by atoms with van der Waals surface area (Å²) in [6, 6.07) is 25.7. The van der Waals surface area contributed by atoms with E-state index in [4.69, 9.17) is 0 Å². The first-order valence-electron chi connectivity index (χ1n) is 6.73. The van der Waals surface area contributed by atoms with Gasteiger partial charge in [-0.15, -0.1) is 17.7 Å². The standard InChI is InChI=1S/C19H14N2.Y/c1-2-7-16(8-3-1)12-13-17-9-6-10-18(15-17)21-19-11-4-5-14-20-19;/h1-2,5-15H,(H,20,21);/q-2;. The summed E-state index contributed by atoms with van der Waals surface area (Å²) in [6.45, 7) is 0. The van der Waals surface area contributed by atoms with Crippen LogP contribution in [0.25, 0.3) is 12.2 Å². The van der Waals surface area contributed by atoms with Crippen LogP contribution in [0.15, 0.2) is 66.9 Å². The molecular formula is C19H14N2Y-2. The smallest absolute Gasteiger partial charge is 0.0291 e. The molecule has 0 saturated carbocycles. The molecule has 2 nitrogen and oxygen atoms in total. The average Bonchev–Trinajstić information content (AvgIpc) is 2.55. The Bertz CT molecular complexity index is 725. The largest absolute Gasteiger partial charge is 0.393 e. The minimum absolute atomic E-state index is 0. The number of hydrogen-bond acceptors (Lipinski definition) is 2. The molecule has 0 atom stereocenters. The predicted octanol–water partition coefficient (Wildman–Crippen LogP) is 4.59. The normalized spacial score (nSPS) is 10.2. The van der Waals surface area contributed by atoms with Crippen LogP contribution < -0.4 is 5.32 Å². The molecule has 0 unspecified atom stereocenters. The number of rotatable bonds is 4. The van der Waals surface area contributed by atoms with Crippen LogP contribution in [0, 0.1) is 12.1 Å². The second-order valence-corrected chi connectivity index (χ2v) is 4.56. The van der Waals surface area contributed by atoms with Crippen molar-refractivity contribution >= 4 is 23.7 Å². The van der Waals surface area contributed by atoms with Gasteiger partial charge in [-0.3, -0.25) is 0 Å². The number of nitrogens with zero attached hydrogens (tertiary/aromatic N) is 1. The van der Waals surface area contributed by atoms with Gasteiger partial charge in [-0.1, -0.05) is 24.4 Å². The molecule has 105 valence electrons. The zero-order valence-corrected chi connectivity index (χ0v) is 14.9. The van der Waals surface area contributed by atoms with Gasteiger partial charge in [0.25, 0.3) is 0 Å². The molecule has 0 fully saturated rings. The first kappa shape index (κ1) is 16.6. The molecule has 1 radical (unpaired) electrons. The minimum Gasteiger partial charge on any atom is -0.393 e. The van der Waals surface area contributed by atoms with Crippen LogP contribution in [-0.2, 0) is 32.7 Å². The van der Waals surface area contributed by atoms with Gasteiger partial charge in [-0.2, -0.15) is 42.5 Å². The Labute approximate surface area is 156 Å². The molecule has 3 rings (SSSR count). The molecule has 1 N–H and O–H groups in total. The van der Waals surface area contributed by atoms with Gasteiger partial charge in [0, 0.05) is 44.2 Å². The minimum atomic E-state index is 0. The number of aromatic nitrogens is 1. The molecule has 0 bridgehead atoms. The van der Waals surface area contributed by atoms with E-state index in [2.05, 4.69) is 52.8 Å². The van der Waals surface area contributed by atoms with E-state index < -0.39 is 0 Å². The van der Waals surface area contributed by atoms with Crippen molar-refractivity contribution in [3.63, 3.8) is 0 Å². The van der Waals surface area contributed by atoms with Crippen molar-refractivity contribution in [2.45, 2.75) is 0 Å². The molecular weight excluding hydrogens is 345 g/mol. The Kier molecular flexibility index (Phi) is 6.51. The molecule has 0 amide bonds. The van der Waals surface area contributed by atoms with E-state index in [1.165, 1.54) is 0 Å². The fraction of sp³-hybridized carbons (Fsp3) is 0. The third kappa shape index (κ3) is 4.90. The molecule has 1 heterocycles. The molecule has 3 heteroatoms. The van der Waals surface area contributed by atoms with E-state index in [0.29, 0.717) is 0 Å². The van der Waals surface area contributed by atoms with E-state index in [1.54, 1.807) is 12.3 Å². The summed E-state index contributed by atoms with van der Waals surface area (Å²) in [5.41, 5.74) is 3.27. The number of hydrogen-bond donors (Lipinski definition) is 1. The van der Waals surface area contributed by atoms with E-state index in [9.17, 15) is 0 Å². The van der Waals surface area contributed by atoms with Gasteiger partial charge in [0.2, 0.25) is 0 Å². The van der Waals surface area contributed by atoms with E-state index in [0.717, 1.165) is 22.6 Å². The van der Waals surface area contributed by atoms with Crippen LogP contribution in [0.2, 0.25) is 0 Å². The van der Waals surface area contributed by atoms with Crippen molar-refractivity contribution in [2.75, 3.05) is 5.32 Å². The van der Waals surface area contributed by atoms with Gasteiger partial charge in [-0.05, 0) is 17.7 Å². The summed E-state index contributed by atoms with van der Waals surface area (Å²) >= 11 is 0. The van der Waals surface area contributed by atoms with Crippen LogP contribution >= 0.6 is 0 Å². The average molecular weight is 359 g/mol. The van der Waals surface area contributed by atoms with Crippen LogP contribution in [0.4, 0.5) is 11.5 Å². The Morgan fingerprint density at radius 2 is 1.73 bits per heavy atom. The van der Waals surface area contributed by atoms with Gasteiger partial charge in [0.15, 0.2) is 0 Å². The zero-order valence-electron chi connectivity index (χ0n) is 12.0. The molecule has 3 aromatic rings. The van der Waals surface area contributed by atoms with Crippen molar-refractivity contribution < 1.29 is 32.7 Å². The van der Waals surface area contributed by atoms with E-state index in [-0.39, 0.29) is 32.7 Å². The van der Waals surface area contributed by atoms with E-state index in [1.807, 2.05) is 36.4 Å². The van der Waals surface area contributed by atoms with Crippen molar-refractivity contribution in [1.82, 2.24) is 4.98 Å². The third-order valence-electron chi connectivity index (χ3n) is 2.96. The van der Waals surface area contributed by atoms with Crippen LogP contribution in [0.1, 0.15) is 11.1 Å². The first-order valence-corrected chi connectivity index (χ1v) is 6.73. The van der Waals surface area contributed by atoms with Gasteiger partial charge < -0.3 is 10.3 Å². The molecule has 2 aromatic carbocycles.